The third kappa shape index (κ3) is 6.50. The number of carbonyl (C=O) groups is 1. The molecule has 10 nitrogen and oxygen atoms in total. The molecule has 176 valence electrons. The lowest BCUT2D eigenvalue weighted by atomic mass is 10.2. The minimum absolute atomic E-state index is 0.180. The van der Waals surface area contributed by atoms with Crippen LogP contribution in [-0.2, 0) is 6.42 Å². The number of halogens is 1. The number of aromatic nitrogens is 4. The lowest BCUT2D eigenvalue weighted by Gasteiger charge is -2.13. The van der Waals surface area contributed by atoms with Gasteiger partial charge in [0.2, 0.25) is 5.95 Å². The van der Waals surface area contributed by atoms with Crippen molar-refractivity contribution in [3.63, 3.8) is 0 Å². The number of nitrogen functional groups attached to an aromatic ring is 1. The van der Waals surface area contributed by atoms with Crippen molar-refractivity contribution in [2.75, 3.05) is 31.8 Å². The number of benzene rings is 2. The van der Waals surface area contributed by atoms with E-state index in [1.807, 2.05) is 30.3 Å². The largest absolute Gasteiger partial charge is 0.396 e. The van der Waals surface area contributed by atoms with Crippen LogP contribution in [0.15, 0.2) is 65.6 Å². The molecule has 0 aliphatic rings. The van der Waals surface area contributed by atoms with Gasteiger partial charge in [0.25, 0.3) is 11.8 Å². The Bertz CT molecular complexity index is 1220. The predicted octanol–water partition coefficient (Wildman–Crippen LogP) is 3.43. The summed E-state index contributed by atoms with van der Waals surface area (Å²) in [6.45, 7) is 0.240. The standard InChI is InChI=1S/C15H14ClN7O2.C8H10O/c1-23(2)14(24)9-4-3-8(5-11(9)16)21-15-18-6-10(12(17)22-15)13-19-7-20-25-13;9-7-6-8-4-2-1-3-5-8/h3-7H,1-2H3,(H3,17,18,21,22);1-5,9H,6-7H2. The maximum atomic E-state index is 12.0. The summed E-state index contributed by atoms with van der Waals surface area (Å²) in [5.74, 6) is 0.510. The molecule has 0 aliphatic carbocycles. The Balaban J connectivity index is 0.000000302. The number of amides is 1. The van der Waals surface area contributed by atoms with Crippen molar-refractivity contribution < 1.29 is 14.4 Å². The summed E-state index contributed by atoms with van der Waals surface area (Å²) >= 11 is 6.18. The normalized spacial score (nSPS) is 10.2. The number of nitrogens with one attached hydrogen (secondary N) is 1. The van der Waals surface area contributed by atoms with Gasteiger partial charge in [-0.1, -0.05) is 47.1 Å². The molecule has 11 heteroatoms. The van der Waals surface area contributed by atoms with E-state index in [0.29, 0.717) is 21.8 Å². The monoisotopic (exact) mass is 481 g/mol. The van der Waals surface area contributed by atoms with Crippen LogP contribution >= 0.6 is 11.6 Å². The molecule has 1 amide bonds. The molecule has 0 radical (unpaired) electrons. The first-order chi connectivity index (χ1) is 16.4. The molecule has 0 aliphatic heterocycles. The lowest BCUT2D eigenvalue weighted by Crippen LogP contribution is -2.21. The van der Waals surface area contributed by atoms with Crippen LogP contribution in [0.3, 0.4) is 0 Å². The second kappa shape index (κ2) is 11.7. The summed E-state index contributed by atoms with van der Waals surface area (Å²) in [4.78, 5) is 25.7. The first-order valence-electron chi connectivity index (χ1n) is 10.2. The Morgan fingerprint density at radius 1 is 1.18 bits per heavy atom. The molecule has 0 bridgehead atoms. The van der Waals surface area contributed by atoms with Crippen LogP contribution in [0.2, 0.25) is 5.02 Å². The number of aliphatic hydroxyl groups is 1. The summed E-state index contributed by atoms with van der Waals surface area (Å²) in [7, 11) is 3.32. The Labute approximate surface area is 201 Å². The van der Waals surface area contributed by atoms with Crippen LogP contribution in [0.5, 0.6) is 0 Å². The van der Waals surface area contributed by atoms with Crippen LogP contribution in [0.4, 0.5) is 17.5 Å². The summed E-state index contributed by atoms with van der Waals surface area (Å²) < 4.78 is 4.93. The van der Waals surface area contributed by atoms with E-state index in [-0.39, 0.29) is 30.2 Å². The molecular formula is C23H24ClN7O3. The Morgan fingerprint density at radius 2 is 1.94 bits per heavy atom. The molecule has 0 saturated heterocycles. The molecular weight excluding hydrogens is 458 g/mol. The fourth-order valence-corrected chi connectivity index (χ4v) is 3.08. The van der Waals surface area contributed by atoms with Gasteiger partial charge in [0.1, 0.15) is 11.4 Å². The molecule has 2 heterocycles. The van der Waals surface area contributed by atoms with Crippen molar-refractivity contribution in [2.45, 2.75) is 6.42 Å². The number of nitrogens with two attached hydrogens (primary N) is 1. The van der Waals surface area contributed by atoms with Gasteiger partial charge in [0.05, 0.1) is 10.6 Å². The van der Waals surface area contributed by atoms with E-state index in [9.17, 15) is 4.79 Å². The summed E-state index contributed by atoms with van der Waals surface area (Å²) in [6, 6.07) is 14.9. The number of hydrogen-bond donors (Lipinski definition) is 3. The van der Waals surface area contributed by atoms with Crippen LogP contribution in [0.25, 0.3) is 11.5 Å². The Morgan fingerprint density at radius 3 is 2.53 bits per heavy atom. The first kappa shape index (κ1) is 24.6. The zero-order valence-electron chi connectivity index (χ0n) is 18.6. The van der Waals surface area contributed by atoms with Gasteiger partial charge in [0, 0.05) is 32.6 Å². The highest BCUT2D eigenvalue weighted by Gasteiger charge is 2.14. The van der Waals surface area contributed by atoms with Crippen molar-refractivity contribution in [3.8, 4) is 11.5 Å². The fraction of sp³-hybridized carbons (Fsp3) is 0.174. The molecule has 0 unspecified atom stereocenters. The highest BCUT2D eigenvalue weighted by molar-refractivity contribution is 6.34. The number of anilines is 3. The van der Waals surface area contributed by atoms with E-state index in [4.69, 9.17) is 27.0 Å². The van der Waals surface area contributed by atoms with Crippen LogP contribution in [-0.4, -0.2) is 56.7 Å². The van der Waals surface area contributed by atoms with Gasteiger partial charge >= 0.3 is 0 Å². The highest BCUT2D eigenvalue weighted by atomic mass is 35.5. The quantitative estimate of drug-likeness (QED) is 0.377. The number of hydrogen-bond acceptors (Lipinski definition) is 9. The summed E-state index contributed by atoms with van der Waals surface area (Å²) in [5, 5.41) is 15.3. The molecule has 0 fully saturated rings. The predicted molar refractivity (Wildman–Crippen MR) is 130 cm³/mol. The SMILES string of the molecule is CN(C)C(=O)c1ccc(Nc2ncc(-c3ncno3)c(N)n2)cc1Cl.OCCc1ccccc1. The summed E-state index contributed by atoms with van der Waals surface area (Å²) in [5.41, 5.74) is 8.55. The fourth-order valence-electron chi connectivity index (χ4n) is 2.82. The van der Waals surface area contributed by atoms with Crippen LogP contribution in [0.1, 0.15) is 15.9 Å². The molecule has 2 aromatic heterocycles. The van der Waals surface area contributed by atoms with Crippen molar-refractivity contribution in [2.24, 2.45) is 0 Å². The van der Waals surface area contributed by atoms with E-state index in [1.165, 1.54) is 23.0 Å². The second-order valence-corrected chi connectivity index (χ2v) is 7.62. The third-order valence-electron chi connectivity index (χ3n) is 4.52. The average Bonchev–Trinajstić information content (AvgIpc) is 3.35. The number of carbonyl (C=O) groups excluding carboxylic acids is 1. The Hall–Kier alpha value is -4.02. The van der Waals surface area contributed by atoms with E-state index in [2.05, 4.69) is 25.4 Å². The third-order valence-corrected chi connectivity index (χ3v) is 4.83. The zero-order chi connectivity index (χ0) is 24.5. The van der Waals surface area contributed by atoms with E-state index >= 15 is 0 Å². The van der Waals surface area contributed by atoms with Gasteiger partial charge in [0.15, 0.2) is 6.33 Å². The molecule has 34 heavy (non-hydrogen) atoms. The minimum Gasteiger partial charge on any atom is -0.396 e. The van der Waals surface area contributed by atoms with E-state index in [1.54, 1.807) is 32.3 Å². The number of rotatable bonds is 6. The molecule has 2 aromatic carbocycles. The molecule has 4 N–H and O–H groups in total. The molecule has 4 rings (SSSR count). The smallest absolute Gasteiger partial charge is 0.262 e. The number of aliphatic hydroxyl groups excluding tert-OH is 1. The van der Waals surface area contributed by atoms with E-state index in [0.717, 1.165) is 6.42 Å². The zero-order valence-corrected chi connectivity index (χ0v) is 19.4. The average molecular weight is 482 g/mol. The van der Waals surface area contributed by atoms with Gasteiger partial charge in [-0.05, 0) is 30.2 Å². The maximum absolute atomic E-state index is 12.0. The van der Waals surface area contributed by atoms with Crippen LogP contribution < -0.4 is 11.1 Å². The molecule has 0 saturated carbocycles. The number of nitrogens with zero attached hydrogens (tertiary/aromatic N) is 5. The van der Waals surface area contributed by atoms with Crippen molar-refractivity contribution >= 4 is 35.0 Å². The Kier molecular flexibility index (Phi) is 8.49. The first-order valence-corrected chi connectivity index (χ1v) is 10.6. The van der Waals surface area contributed by atoms with Gasteiger partial charge < -0.3 is 25.6 Å². The van der Waals surface area contributed by atoms with Crippen molar-refractivity contribution in [1.29, 1.82) is 0 Å². The van der Waals surface area contributed by atoms with Gasteiger partial charge in [-0.2, -0.15) is 9.97 Å². The van der Waals surface area contributed by atoms with Crippen LogP contribution in [0, 0.1) is 0 Å². The van der Waals surface area contributed by atoms with Crippen molar-refractivity contribution in [1.82, 2.24) is 25.0 Å². The lowest BCUT2D eigenvalue weighted by molar-refractivity contribution is 0.0828. The van der Waals surface area contributed by atoms with Gasteiger partial charge in [-0.15, -0.1) is 0 Å². The highest BCUT2D eigenvalue weighted by Crippen LogP contribution is 2.26. The van der Waals surface area contributed by atoms with Gasteiger partial charge in [-0.3, -0.25) is 4.79 Å². The van der Waals surface area contributed by atoms with E-state index < -0.39 is 0 Å². The van der Waals surface area contributed by atoms with Crippen molar-refractivity contribution in [3.05, 3.63) is 77.2 Å². The molecule has 0 spiro atoms. The maximum Gasteiger partial charge on any atom is 0.262 e. The second-order valence-electron chi connectivity index (χ2n) is 7.22. The van der Waals surface area contributed by atoms with Gasteiger partial charge in [-0.25, -0.2) is 4.98 Å². The molecule has 4 aromatic rings. The summed E-state index contributed by atoms with van der Waals surface area (Å²) in [6.07, 6.45) is 3.50. The minimum atomic E-state index is -0.180. The topological polar surface area (TPSA) is 143 Å². The molecule has 0 atom stereocenters.